The molecule has 0 aliphatic carbocycles. The lowest BCUT2D eigenvalue weighted by Crippen LogP contribution is -2.18. The van der Waals surface area contributed by atoms with E-state index in [0.717, 1.165) is 0 Å². The summed E-state index contributed by atoms with van der Waals surface area (Å²) in [5, 5.41) is 0. The van der Waals surface area contributed by atoms with Crippen LogP contribution in [0.3, 0.4) is 0 Å². The summed E-state index contributed by atoms with van der Waals surface area (Å²) in [5.41, 5.74) is 3.30. The summed E-state index contributed by atoms with van der Waals surface area (Å²) < 4.78 is 0. The van der Waals surface area contributed by atoms with Gasteiger partial charge in [0.25, 0.3) is 0 Å². The van der Waals surface area contributed by atoms with Crippen molar-refractivity contribution < 1.29 is 0 Å². The van der Waals surface area contributed by atoms with Crippen LogP contribution < -0.4 is 0 Å². The van der Waals surface area contributed by atoms with Gasteiger partial charge in [-0.2, -0.15) is 0 Å². The molecule has 0 unspecified atom stereocenters. The predicted octanol–water partition coefficient (Wildman–Crippen LogP) is 7.95. The van der Waals surface area contributed by atoms with Gasteiger partial charge in [0.15, 0.2) is 0 Å². The Hall–Kier alpha value is -1.27. The van der Waals surface area contributed by atoms with E-state index in [2.05, 4.69) is 114 Å². The van der Waals surface area contributed by atoms with Gasteiger partial charge in [0.1, 0.15) is 0 Å². The predicted molar refractivity (Wildman–Crippen MR) is 113 cm³/mol. The highest BCUT2D eigenvalue weighted by atomic mass is 35.5. The molecule has 2 rings (SSSR count). The third kappa shape index (κ3) is 11.3. The summed E-state index contributed by atoms with van der Waals surface area (Å²) in [7, 11) is 0. The zero-order valence-corrected chi connectivity index (χ0v) is 17.9. The Labute approximate surface area is 156 Å². The number of hydrogen-bond acceptors (Lipinski definition) is 0. The minimum absolute atomic E-state index is 0.0858. The molecule has 0 radical (unpaired) electrons. The largest absolute Gasteiger partial charge is 0.130 e. The molecule has 24 heavy (non-hydrogen) atoms. The highest BCUT2D eigenvalue weighted by Crippen LogP contribution is 2.30. The minimum Gasteiger partial charge on any atom is -0.130 e. The molecule has 0 bridgehead atoms. The molecule has 0 nitrogen and oxygen atoms in total. The first kappa shape index (κ1) is 25.0. The first-order valence-electron chi connectivity index (χ1n) is 8.70. The Kier molecular flexibility index (Phi) is 13.6. The molecule has 0 saturated heterocycles. The Balaban J connectivity index is 0. The van der Waals surface area contributed by atoms with Gasteiger partial charge in [-0.3, -0.25) is 0 Å². The molecule has 0 heterocycles. The first-order chi connectivity index (χ1) is 11.2. The van der Waals surface area contributed by atoms with Gasteiger partial charge in [-0.25, -0.2) is 0 Å². The van der Waals surface area contributed by atoms with Gasteiger partial charge in [0.05, 0.1) is 0 Å². The summed E-state index contributed by atoms with van der Waals surface area (Å²) in [5.74, 6) is 0. The van der Waals surface area contributed by atoms with Crippen LogP contribution in [-0.2, 0) is 5.41 Å². The fourth-order valence-corrected chi connectivity index (χ4v) is 1.88. The second kappa shape index (κ2) is 13.1. The lowest BCUT2D eigenvalue weighted by Gasteiger charge is -2.25. The molecule has 0 aliphatic rings. The van der Waals surface area contributed by atoms with E-state index < -0.39 is 0 Å². The van der Waals surface area contributed by atoms with E-state index in [1.165, 1.54) is 17.5 Å². The smallest absolute Gasteiger partial charge is 0.0146 e. The Morgan fingerprint density at radius 2 is 0.750 bits per heavy atom. The summed E-state index contributed by atoms with van der Waals surface area (Å²) in [4.78, 5) is 0. The van der Waals surface area contributed by atoms with Gasteiger partial charge in [-0.15, -0.1) is 11.6 Å². The van der Waals surface area contributed by atoms with Crippen molar-refractivity contribution in [3.63, 3.8) is 0 Å². The van der Waals surface area contributed by atoms with Crippen LogP contribution in [-0.4, -0.2) is 6.38 Å². The van der Waals surface area contributed by atoms with Crippen LogP contribution in [0.4, 0.5) is 0 Å². The van der Waals surface area contributed by atoms with Gasteiger partial charge in [0.2, 0.25) is 0 Å². The molecule has 0 spiro atoms. The topological polar surface area (TPSA) is 0 Å². The van der Waals surface area contributed by atoms with Crippen molar-refractivity contribution in [2.45, 2.75) is 60.8 Å². The van der Waals surface area contributed by atoms with E-state index in [9.17, 15) is 0 Å². The zero-order chi connectivity index (χ0) is 19.2. The van der Waals surface area contributed by atoms with Crippen molar-refractivity contribution in [3.05, 3.63) is 71.8 Å². The lowest BCUT2D eigenvalue weighted by molar-refractivity contribution is 0.469. The molecule has 0 aliphatic heterocycles. The third-order valence-corrected chi connectivity index (χ3v) is 2.99. The average molecular weight is 349 g/mol. The van der Waals surface area contributed by atoms with Crippen molar-refractivity contribution in [3.8, 4) is 0 Å². The Morgan fingerprint density at radius 3 is 0.958 bits per heavy atom. The normalized spacial score (nSPS) is 10.1. The average Bonchev–Trinajstić information content (AvgIpc) is 2.59. The monoisotopic (exact) mass is 348 g/mol. The number of benzene rings is 2. The van der Waals surface area contributed by atoms with Crippen LogP contribution in [0, 0.1) is 5.41 Å². The standard InChI is InChI=1S/C15H16.C5H12.C2H6.CH3Cl/c1-15(2,13-9-5-3-6-10-13)14-11-7-4-8-12-14;1-5(2,3)4;2*1-2/h3-12H,1-2H3;1-4H3;1-2H3;1H3. The van der Waals surface area contributed by atoms with E-state index >= 15 is 0 Å². The van der Waals surface area contributed by atoms with Crippen LogP contribution in [0.15, 0.2) is 60.7 Å². The second-order valence-corrected chi connectivity index (χ2v) is 7.36. The van der Waals surface area contributed by atoms with Crippen molar-refractivity contribution >= 4 is 11.6 Å². The van der Waals surface area contributed by atoms with Gasteiger partial charge >= 0.3 is 0 Å². The van der Waals surface area contributed by atoms with Crippen LogP contribution in [0.25, 0.3) is 0 Å². The summed E-state index contributed by atoms with van der Waals surface area (Å²) in [6, 6.07) is 21.3. The molecule has 0 fully saturated rings. The molecule has 1 heteroatoms. The zero-order valence-electron chi connectivity index (χ0n) is 17.2. The first-order valence-corrected chi connectivity index (χ1v) is 9.46. The number of rotatable bonds is 2. The maximum absolute atomic E-state index is 4.64. The molecule has 136 valence electrons. The number of hydrogen-bond donors (Lipinski definition) is 0. The fraction of sp³-hybridized carbons (Fsp3) is 0.478. The van der Waals surface area contributed by atoms with Crippen molar-refractivity contribution in [2.24, 2.45) is 5.41 Å². The molecular weight excluding hydrogens is 312 g/mol. The lowest BCUT2D eigenvalue weighted by atomic mass is 9.78. The molecule has 0 N–H and O–H groups in total. The van der Waals surface area contributed by atoms with Crippen molar-refractivity contribution in [1.29, 1.82) is 0 Å². The maximum Gasteiger partial charge on any atom is 0.0146 e. The van der Waals surface area contributed by atoms with Gasteiger partial charge < -0.3 is 0 Å². The Morgan fingerprint density at radius 1 is 0.542 bits per heavy atom. The molecule has 0 atom stereocenters. The van der Waals surface area contributed by atoms with Crippen LogP contribution in [0.2, 0.25) is 0 Å². The second-order valence-electron chi connectivity index (χ2n) is 7.36. The summed E-state index contributed by atoms with van der Waals surface area (Å²) in [6.45, 7) is 17.3. The molecule has 0 saturated carbocycles. The van der Waals surface area contributed by atoms with E-state index in [-0.39, 0.29) is 5.41 Å². The molecule has 0 aromatic heterocycles. The molecule has 2 aromatic rings. The summed E-state index contributed by atoms with van der Waals surface area (Å²) in [6.07, 6.45) is 1.47. The van der Waals surface area contributed by atoms with Crippen LogP contribution >= 0.6 is 11.6 Å². The maximum atomic E-state index is 4.64. The SMILES string of the molecule is CC.CC(C)(C)C.CC(C)(c1ccccc1)c1ccccc1.CCl. The van der Waals surface area contributed by atoms with Gasteiger partial charge in [-0.05, 0) is 16.5 Å². The van der Waals surface area contributed by atoms with Crippen molar-refractivity contribution in [1.82, 2.24) is 0 Å². The van der Waals surface area contributed by atoms with Crippen LogP contribution in [0.1, 0.15) is 66.5 Å². The van der Waals surface area contributed by atoms with Gasteiger partial charge in [-0.1, -0.05) is 116 Å². The molecule has 2 aromatic carbocycles. The van der Waals surface area contributed by atoms with E-state index in [1.54, 1.807) is 0 Å². The number of halogens is 1. The highest BCUT2D eigenvalue weighted by molar-refractivity contribution is 6.15. The molecule has 0 amide bonds. The minimum atomic E-state index is 0.0858. The van der Waals surface area contributed by atoms with E-state index in [1.807, 2.05) is 13.8 Å². The quantitative estimate of drug-likeness (QED) is 0.483. The van der Waals surface area contributed by atoms with Gasteiger partial charge in [0, 0.05) is 11.8 Å². The Bertz CT molecular complexity index is 445. The number of alkyl halides is 1. The highest BCUT2D eigenvalue weighted by Gasteiger charge is 2.21. The summed E-state index contributed by atoms with van der Waals surface area (Å²) >= 11 is 4.64. The molecular formula is C23H37Cl. The van der Waals surface area contributed by atoms with Crippen LogP contribution in [0.5, 0.6) is 0 Å². The third-order valence-electron chi connectivity index (χ3n) is 2.99. The van der Waals surface area contributed by atoms with E-state index in [4.69, 9.17) is 0 Å². The van der Waals surface area contributed by atoms with Crippen molar-refractivity contribution in [2.75, 3.05) is 6.38 Å². The van der Waals surface area contributed by atoms with E-state index in [0.29, 0.717) is 5.41 Å². The fourth-order valence-electron chi connectivity index (χ4n) is 1.88.